The first-order valence-corrected chi connectivity index (χ1v) is 6.92. The number of carbonyl (C=O) groups excluding carboxylic acids is 1. The van der Waals surface area contributed by atoms with Gasteiger partial charge in [0.1, 0.15) is 6.04 Å². The van der Waals surface area contributed by atoms with Crippen LogP contribution in [0, 0.1) is 0 Å². The Labute approximate surface area is 111 Å². The van der Waals surface area contributed by atoms with Gasteiger partial charge in [-0.1, -0.05) is 0 Å². The quantitative estimate of drug-likeness (QED) is 0.775. The summed E-state index contributed by atoms with van der Waals surface area (Å²) in [5.74, 6) is 0.177. The van der Waals surface area contributed by atoms with Crippen LogP contribution in [-0.2, 0) is 4.79 Å². The lowest BCUT2D eigenvalue weighted by atomic mass is 10.1. The molecule has 0 aliphatic carbocycles. The van der Waals surface area contributed by atoms with Crippen LogP contribution in [0.1, 0.15) is 13.8 Å². The van der Waals surface area contributed by atoms with E-state index in [-0.39, 0.29) is 12.6 Å². The van der Waals surface area contributed by atoms with Crippen LogP contribution < -0.4 is 0 Å². The molecule has 0 bridgehead atoms. The molecule has 1 unspecified atom stereocenters. The fourth-order valence-corrected chi connectivity index (χ4v) is 2.94. The van der Waals surface area contributed by atoms with Crippen molar-refractivity contribution < 1.29 is 19.8 Å². The highest BCUT2D eigenvalue weighted by molar-refractivity contribution is 7.99. The molecule has 1 atom stereocenters. The fourth-order valence-electron chi connectivity index (χ4n) is 1.90. The number of likely N-dealkylation sites (N-methyl/N-ethyl adjacent to an activating group) is 1. The molecule has 2 amide bonds. The normalized spacial score (nSPS) is 20.7. The van der Waals surface area contributed by atoms with Gasteiger partial charge in [-0.05, 0) is 13.8 Å². The van der Waals surface area contributed by atoms with Crippen molar-refractivity contribution >= 4 is 23.8 Å². The SMILES string of the molecule is CN(CC(C)(C)O)C(=O)N1CCSCC1C(=O)O. The molecule has 0 radical (unpaired) electrons. The molecule has 1 aliphatic heterocycles. The van der Waals surface area contributed by atoms with Gasteiger partial charge in [-0.3, -0.25) is 0 Å². The summed E-state index contributed by atoms with van der Waals surface area (Å²) in [6.45, 7) is 3.81. The maximum Gasteiger partial charge on any atom is 0.327 e. The summed E-state index contributed by atoms with van der Waals surface area (Å²) in [6, 6.07) is -1.12. The van der Waals surface area contributed by atoms with Crippen molar-refractivity contribution in [2.75, 3.05) is 31.6 Å². The molecule has 0 aromatic carbocycles. The number of nitrogens with zero attached hydrogens (tertiary/aromatic N) is 2. The predicted molar refractivity (Wildman–Crippen MR) is 69.8 cm³/mol. The Kier molecular flexibility index (Phi) is 4.86. The van der Waals surface area contributed by atoms with Crippen LogP contribution in [0.2, 0.25) is 0 Å². The number of carbonyl (C=O) groups is 2. The number of thioether (sulfide) groups is 1. The largest absolute Gasteiger partial charge is 0.480 e. The molecule has 0 aromatic heterocycles. The second kappa shape index (κ2) is 5.79. The van der Waals surface area contributed by atoms with Gasteiger partial charge >= 0.3 is 12.0 Å². The van der Waals surface area contributed by atoms with Gasteiger partial charge in [0.15, 0.2) is 0 Å². The van der Waals surface area contributed by atoms with E-state index in [1.165, 1.54) is 21.6 Å². The van der Waals surface area contributed by atoms with E-state index in [0.29, 0.717) is 12.3 Å². The Balaban J connectivity index is 2.71. The number of urea groups is 1. The molecular formula is C11H20N2O4S. The molecular weight excluding hydrogens is 256 g/mol. The highest BCUT2D eigenvalue weighted by Crippen LogP contribution is 2.18. The van der Waals surface area contributed by atoms with Crippen LogP contribution in [0.5, 0.6) is 0 Å². The molecule has 0 aromatic rings. The smallest absolute Gasteiger partial charge is 0.327 e. The number of rotatable bonds is 3. The topological polar surface area (TPSA) is 81.1 Å². The van der Waals surface area contributed by atoms with E-state index in [2.05, 4.69) is 0 Å². The van der Waals surface area contributed by atoms with Crippen LogP contribution in [0.25, 0.3) is 0 Å². The number of hydrogen-bond acceptors (Lipinski definition) is 4. The maximum atomic E-state index is 12.2. The molecule has 1 saturated heterocycles. The van der Waals surface area contributed by atoms with Crippen LogP contribution in [0.4, 0.5) is 4.79 Å². The Bertz CT molecular complexity index is 329. The van der Waals surface area contributed by atoms with Crippen molar-refractivity contribution in [1.29, 1.82) is 0 Å². The van der Waals surface area contributed by atoms with Crippen LogP contribution in [0.3, 0.4) is 0 Å². The molecule has 2 N–H and O–H groups in total. The second-order valence-electron chi connectivity index (χ2n) is 5.07. The summed E-state index contributed by atoms with van der Waals surface area (Å²) in [5, 5.41) is 18.8. The molecule has 1 aliphatic rings. The zero-order chi connectivity index (χ0) is 13.9. The monoisotopic (exact) mass is 276 g/mol. The molecule has 104 valence electrons. The highest BCUT2D eigenvalue weighted by atomic mass is 32.2. The summed E-state index contributed by atoms with van der Waals surface area (Å²) < 4.78 is 0. The average Bonchev–Trinajstić information content (AvgIpc) is 2.25. The van der Waals surface area contributed by atoms with E-state index in [4.69, 9.17) is 5.11 Å². The van der Waals surface area contributed by atoms with E-state index in [1.807, 2.05) is 0 Å². The van der Waals surface area contributed by atoms with E-state index in [1.54, 1.807) is 20.9 Å². The van der Waals surface area contributed by atoms with Gasteiger partial charge in [-0.25, -0.2) is 9.59 Å². The van der Waals surface area contributed by atoms with Crippen molar-refractivity contribution in [2.45, 2.75) is 25.5 Å². The lowest BCUT2D eigenvalue weighted by Crippen LogP contribution is -2.55. The van der Waals surface area contributed by atoms with Gasteiger partial charge in [0.2, 0.25) is 0 Å². The van der Waals surface area contributed by atoms with E-state index < -0.39 is 17.6 Å². The van der Waals surface area contributed by atoms with Crippen LogP contribution in [-0.4, -0.2) is 75.3 Å². The van der Waals surface area contributed by atoms with Gasteiger partial charge < -0.3 is 20.0 Å². The lowest BCUT2D eigenvalue weighted by Gasteiger charge is -2.36. The zero-order valence-corrected chi connectivity index (χ0v) is 11.7. The Hall–Kier alpha value is -0.950. The highest BCUT2D eigenvalue weighted by Gasteiger charge is 2.34. The molecule has 0 spiro atoms. The molecule has 6 nitrogen and oxygen atoms in total. The third-order valence-corrected chi connectivity index (χ3v) is 3.63. The molecule has 1 fully saturated rings. The summed E-state index contributed by atoms with van der Waals surface area (Å²) in [7, 11) is 1.57. The van der Waals surface area contributed by atoms with Crippen molar-refractivity contribution in [3.63, 3.8) is 0 Å². The van der Waals surface area contributed by atoms with Crippen molar-refractivity contribution in [3.05, 3.63) is 0 Å². The first-order chi connectivity index (χ1) is 8.22. The predicted octanol–water partition coefficient (Wildman–Crippen LogP) is 0.311. The minimum atomic E-state index is -0.992. The minimum absolute atomic E-state index is 0.168. The molecule has 7 heteroatoms. The van der Waals surface area contributed by atoms with Gasteiger partial charge in [-0.15, -0.1) is 0 Å². The van der Waals surface area contributed by atoms with Gasteiger partial charge in [0.05, 0.1) is 12.1 Å². The zero-order valence-electron chi connectivity index (χ0n) is 10.9. The first kappa shape index (κ1) is 15.1. The number of amides is 2. The number of aliphatic carboxylic acids is 1. The first-order valence-electron chi connectivity index (χ1n) is 5.77. The third kappa shape index (κ3) is 4.06. The Morgan fingerprint density at radius 2 is 2.11 bits per heavy atom. The van der Waals surface area contributed by atoms with Crippen LogP contribution >= 0.6 is 11.8 Å². The third-order valence-electron chi connectivity index (χ3n) is 2.61. The van der Waals surface area contributed by atoms with Crippen LogP contribution in [0.15, 0.2) is 0 Å². The van der Waals surface area contributed by atoms with Gasteiger partial charge in [0, 0.05) is 25.1 Å². The number of carboxylic acids is 1. The summed E-state index contributed by atoms with van der Waals surface area (Å²) >= 11 is 1.53. The van der Waals surface area contributed by atoms with Gasteiger partial charge in [-0.2, -0.15) is 11.8 Å². The second-order valence-corrected chi connectivity index (χ2v) is 6.22. The molecule has 18 heavy (non-hydrogen) atoms. The standard InChI is InChI=1S/C11H20N2O4S/c1-11(2,17)7-12(3)10(16)13-4-5-18-6-8(13)9(14)15/h8,17H,4-7H2,1-3H3,(H,14,15). The van der Waals surface area contributed by atoms with E-state index in [0.717, 1.165) is 5.75 Å². The van der Waals surface area contributed by atoms with E-state index in [9.17, 15) is 14.7 Å². The number of hydrogen-bond donors (Lipinski definition) is 2. The van der Waals surface area contributed by atoms with E-state index >= 15 is 0 Å². The Morgan fingerprint density at radius 1 is 1.50 bits per heavy atom. The number of aliphatic hydroxyl groups is 1. The summed E-state index contributed by atoms with van der Waals surface area (Å²) in [6.07, 6.45) is 0. The van der Waals surface area contributed by atoms with Crippen molar-refractivity contribution in [3.8, 4) is 0 Å². The average molecular weight is 276 g/mol. The minimum Gasteiger partial charge on any atom is -0.480 e. The fraction of sp³-hybridized carbons (Fsp3) is 0.818. The van der Waals surface area contributed by atoms with Crippen molar-refractivity contribution in [1.82, 2.24) is 9.80 Å². The number of carboxylic acid groups (broad SMARTS) is 1. The lowest BCUT2D eigenvalue weighted by molar-refractivity contribution is -0.141. The molecule has 1 heterocycles. The summed E-state index contributed by atoms with van der Waals surface area (Å²) in [5.41, 5.74) is -0.992. The maximum absolute atomic E-state index is 12.2. The molecule has 1 rings (SSSR count). The van der Waals surface area contributed by atoms with Crippen molar-refractivity contribution in [2.24, 2.45) is 0 Å². The molecule has 0 saturated carbocycles. The Morgan fingerprint density at radius 3 is 2.61 bits per heavy atom. The summed E-state index contributed by atoms with van der Waals surface area (Å²) in [4.78, 5) is 26.0. The van der Waals surface area contributed by atoms with Gasteiger partial charge in [0.25, 0.3) is 0 Å².